The van der Waals surface area contributed by atoms with Crippen molar-refractivity contribution >= 4 is 17.9 Å². The molecule has 3 amide bonds. The van der Waals surface area contributed by atoms with Gasteiger partial charge < -0.3 is 20.6 Å². The zero-order chi connectivity index (χ0) is 13.8. The number of carbonyl (C=O) groups excluding carboxylic acids is 2. The number of aliphatic carboxylic acids is 1. The normalized spacial score (nSPS) is 16.8. The molecule has 0 aromatic carbocycles. The van der Waals surface area contributed by atoms with Gasteiger partial charge in [-0.15, -0.1) is 0 Å². The molecular formula is C11H19N3O4. The zero-order valence-corrected chi connectivity index (χ0v) is 10.7. The molecule has 0 radical (unpaired) electrons. The van der Waals surface area contributed by atoms with Crippen LogP contribution in [0.5, 0.6) is 0 Å². The summed E-state index contributed by atoms with van der Waals surface area (Å²) in [5, 5.41) is 14.1. The Balaban J connectivity index is 2.49. The summed E-state index contributed by atoms with van der Waals surface area (Å²) in [5.41, 5.74) is -1.02. The van der Waals surface area contributed by atoms with Gasteiger partial charge in [0, 0.05) is 19.6 Å². The Labute approximate surface area is 106 Å². The van der Waals surface area contributed by atoms with Crippen LogP contribution in [0.1, 0.15) is 20.3 Å². The fourth-order valence-electron chi connectivity index (χ4n) is 1.46. The monoisotopic (exact) mass is 257 g/mol. The molecule has 18 heavy (non-hydrogen) atoms. The summed E-state index contributed by atoms with van der Waals surface area (Å²) in [6.07, 6.45) is 0.696. The molecule has 0 aromatic heterocycles. The highest BCUT2D eigenvalue weighted by molar-refractivity contribution is 5.84. The summed E-state index contributed by atoms with van der Waals surface area (Å²) >= 11 is 0. The maximum absolute atomic E-state index is 11.8. The van der Waals surface area contributed by atoms with E-state index < -0.39 is 17.4 Å². The SMILES string of the molecule is CC(C)(CNC(=O)N1CCCNC(=O)C1)C(=O)O. The van der Waals surface area contributed by atoms with Crippen molar-refractivity contribution in [3.8, 4) is 0 Å². The lowest BCUT2D eigenvalue weighted by molar-refractivity contribution is -0.146. The van der Waals surface area contributed by atoms with Gasteiger partial charge in [0.1, 0.15) is 6.54 Å². The third-order valence-electron chi connectivity index (χ3n) is 2.81. The van der Waals surface area contributed by atoms with Crippen molar-refractivity contribution in [1.82, 2.24) is 15.5 Å². The lowest BCUT2D eigenvalue weighted by Gasteiger charge is -2.24. The first-order valence-electron chi connectivity index (χ1n) is 5.86. The second kappa shape index (κ2) is 5.70. The predicted molar refractivity (Wildman–Crippen MR) is 64.0 cm³/mol. The molecule has 0 saturated carbocycles. The highest BCUT2D eigenvalue weighted by Gasteiger charge is 2.29. The first-order chi connectivity index (χ1) is 8.33. The average molecular weight is 257 g/mol. The third-order valence-corrected chi connectivity index (χ3v) is 2.81. The maximum Gasteiger partial charge on any atom is 0.317 e. The van der Waals surface area contributed by atoms with E-state index in [0.29, 0.717) is 19.5 Å². The molecule has 1 rings (SSSR count). The molecule has 0 aromatic rings. The molecule has 1 heterocycles. The molecule has 0 aliphatic carbocycles. The molecule has 3 N–H and O–H groups in total. The number of carboxylic acids is 1. The van der Waals surface area contributed by atoms with Crippen LogP contribution in [0.15, 0.2) is 0 Å². The van der Waals surface area contributed by atoms with E-state index >= 15 is 0 Å². The van der Waals surface area contributed by atoms with Gasteiger partial charge >= 0.3 is 12.0 Å². The van der Waals surface area contributed by atoms with E-state index in [2.05, 4.69) is 10.6 Å². The minimum atomic E-state index is -1.02. The van der Waals surface area contributed by atoms with Crippen LogP contribution in [-0.2, 0) is 9.59 Å². The number of urea groups is 1. The number of hydrogen-bond acceptors (Lipinski definition) is 3. The Kier molecular flexibility index (Phi) is 4.52. The van der Waals surface area contributed by atoms with Crippen LogP contribution in [0.4, 0.5) is 4.79 Å². The largest absolute Gasteiger partial charge is 0.481 e. The van der Waals surface area contributed by atoms with Crippen LogP contribution >= 0.6 is 0 Å². The van der Waals surface area contributed by atoms with Gasteiger partial charge in [0.2, 0.25) is 5.91 Å². The van der Waals surface area contributed by atoms with Crippen molar-refractivity contribution in [2.75, 3.05) is 26.2 Å². The lowest BCUT2D eigenvalue weighted by atomic mass is 9.94. The van der Waals surface area contributed by atoms with E-state index in [1.165, 1.54) is 18.7 Å². The first kappa shape index (κ1) is 14.3. The number of amides is 3. The van der Waals surface area contributed by atoms with Crippen molar-refractivity contribution in [1.29, 1.82) is 0 Å². The Morgan fingerprint density at radius 1 is 1.50 bits per heavy atom. The Morgan fingerprint density at radius 3 is 2.78 bits per heavy atom. The van der Waals surface area contributed by atoms with E-state index in [-0.39, 0.29) is 19.0 Å². The van der Waals surface area contributed by atoms with Gasteiger partial charge in [-0.2, -0.15) is 0 Å². The summed E-state index contributed by atoms with van der Waals surface area (Å²) < 4.78 is 0. The van der Waals surface area contributed by atoms with E-state index in [4.69, 9.17) is 5.11 Å². The molecular weight excluding hydrogens is 238 g/mol. The Hall–Kier alpha value is -1.79. The van der Waals surface area contributed by atoms with Crippen molar-refractivity contribution < 1.29 is 19.5 Å². The van der Waals surface area contributed by atoms with Gasteiger partial charge in [0.15, 0.2) is 0 Å². The van der Waals surface area contributed by atoms with Crippen molar-refractivity contribution in [2.24, 2.45) is 5.41 Å². The van der Waals surface area contributed by atoms with Crippen molar-refractivity contribution in [3.63, 3.8) is 0 Å². The molecule has 0 atom stereocenters. The molecule has 0 spiro atoms. The van der Waals surface area contributed by atoms with Gasteiger partial charge in [0.05, 0.1) is 5.41 Å². The highest BCUT2D eigenvalue weighted by atomic mass is 16.4. The summed E-state index contributed by atoms with van der Waals surface area (Å²) in [5.74, 6) is -1.17. The molecule has 1 aliphatic rings. The lowest BCUT2D eigenvalue weighted by Crippen LogP contribution is -2.47. The quantitative estimate of drug-likeness (QED) is 0.642. The minimum Gasteiger partial charge on any atom is -0.481 e. The first-order valence-corrected chi connectivity index (χ1v) is 5.86. The smallest absolute Gasteiger partial charge is 0.317 e. The molecule has 1 fully saturated rings. The average Bonchev–Trinajstić information content (AvgIpc) is 2.50. The summed E-state index contributed by atoms with van der Waals surface area (Å²) in [6.45, 7) is 4.15. The third kappa shape index (κ3) is 3.90. The molecule has 102 valence electrons. The molecule has 0 bridgehead atoms. The fourth-order valence-corrected chi connectivity index (χ4v) is 1.46. The van der Waals surface area contributed by atoms with Crippen LogP contribution in [0, 0.1) is 5.41 Å². The molecule has 7 heteroatoms. The van der Waals surface area contributed by atoms with Gasteiger partial charge in [0.25, 0.3) is 0 Å². The second-order valence-electron chi connectivity index (χ2n) is 4.97. The van der Waals surface area contributed by atoms with E-state index in [0.717, 1.165) is 0 Å². The van der Waals surface area contributed by atoms with E-state index in [1.54, 1.807) is 0 Å². The maximum atomic E-state index is 11.8. The van der Waals surface area contributed by atoms with Crippen molar-refractivity contribution in [3.05, 3.63) is 0 Å². The standard InChI is InChI=1S/C11H19N3O4/c1-11(2,9(16)17)7-13-10(18)14-5-3-4-12-8(15)6-14/h3-7H2,1-2H3,(H,12,15)(H,13,18)(H,16,17). The van der Waals surface area contributed by atoms with E-state index in [9.17, 15) is 14.4 Å². The van der Waals surface area contributed by atoms with Crippen LogP contribution < -0.4 is 10.6 Å². The molecule has 1 saturated heterocycles. The number of hydrogen-bond donors (Lipinski definition) is 3. The highest BCUT2D eigenvalue weighted by Crippen LogP contribution is 2.13. The number of carbonyl (C=O) groups is 3. The number of nitrogens with zero attached hydrogens (tertiary/aromatic N) is 1. The predicted octanol–water partition coefficient (Wildman–Crippen LogP) is -0.371. The van der Waals surface area contributed by atoms with Crippen LogP contribution in [0.3, 0.4) is 0 Å². The topological polar surface area (TPSA) is 98.7 Å². The van der Waals surface area contributed by atoms with Crippen LogP contribution in [0.2, 0.25) is 0 Å². The van der Waals surface area contributed by atoms with Gasteiger partial charge in [-0.25, -0.2) is 4.79 Å². The number of carboxylic acid groups (broad SMARTS) is 1. The van der Waals surface area contributed by atoms with Crippen LogP contribution in [-0.4, -0.2) is 54.1 Å². The second-order valence-corrected chi connectivity index (χ2v) is 4.97. The van der Waals surface area contributed by atoms with Gasteiger partial charge in [-0.3, -0.25) is 9.59 Å². The number of nitrogens with one attached hydrogen (secondary N) is 2. The zero-order valence-electron chi connectivity index (χ0n) is 10.7. The summed E-state index contributed by atoms with van der Waals surface area (Å²) in [6, 6.07) is -0.402. The minimum absolute atomic E-state index is 0.0132. The van der Waals surface area contributed by atoms with Gasteiger partial charge in [-0.05, 0) is 20.3 Å². The van der Waals surface area contributed by atoms with E-state index in [1.807, 2.05) is 0 Å². The van der Waals surface area contributed by atoms with Crippen LogP contribution in [0.25, 0.3) is 0 Å². The number of rotatable bonds is 3. The Bertz CT molecular complexity index is 354. The molecule has 1 aliphatic heterocycles. The molecule has 7 nitrogen and oxygen atoms in total. The van der Waals surface area contributed by atoms with Crippen molar-refractivity contribution in [2.45, 2.75) is 20.3 Å². The Morgan fingerprint density at radius 2 is 2.17 bits per heavy atom. The molecule has 0 unspecified atom stereocenters. The fraction of sp³-hybridized carbons (Fsp3) is 0.727. The summed E-state index contributed by atoms with van der Waals surface area (Å²) in [7, 11) is 0. The van der Waals surface area contributed by atoms with Gasteiger partial charge in [-0.1, -0.05) is 0 Å². The summed E-state index contributed by atoms with van der Waals surface area (Å²) in [4.78, 5) is 35.4.